The van der Waals surface area contributed by atoms with Crippen molar-refractivity contribution in [2.24, 2.45) is 0 Å². The zero-order valence-corrected chi connectivity index (χ0v) is 19.9. The Morgan fingerprint density at radius 1 is 0.886 bits per heavy atom. The van der Waals surface area contributed by atoms with E-state index in [0.717, 1.165) is 17.2 Å². The fourth-order valence-electron chi connectivity index (χ4n) is 3.94. The summed E-state index contributed by atoms with van der Waals surface area (Å²) in [6.07, 6.45) is -3.60. The molecule has 8 heteroatoms. The minimum atomic E-state index is -4.41. The highest BCUT2D eigenvalue weighted by Crippen LogP contribution is 2.34. The molecule has 0 bridgehead atoms. The molecule has 0 aliphatic rings. The molecule has 3 rings (SSSR count). The van der Waals surface area contributed by atoms with Gasteiger partial charge < -0.3 is 14.8 Å². The van der Waals surface area contributed by atoms with Crippen LogP contribution in [0.2, 0.25) is 0 Å². The number of hydrogen-bond donors (Lipinski definition) is 2. The summed E-state index contributed by atoms with van der Waals surface area (Å²) in [5.41, 5.74) is 1.47. The molecule has 186 valence electrons. The zero-order chi connectivity index (χ0) is 25.4. The molecule has 2 atom stereocenters. The Balaban J connectivity index is 1.95. The molecule has 0 radical (unpaired) electrons. The summed E-state index contributed by atoms with van der Waals surface area (Å²) < 4.78 is 50.4. The summed E-state index contributed by atoms with van der Waals surface area (Å²) in [4.78, 5) is 12.8. The quantitative estimate of drug-likeness (QED) is 0.399. The van der Waals surface area contributed by atoms with Gasteiger partial charge in [-0.25, -0.2) is 0 Å². The van der Waals surface area contributed by atoms with Gasteiger partial charge in [0, 0.05) is 13.1 Å². The van der Waals surface area contributed by atoms with Crippen molar-refractivity contribution in [1.82, 2.24) is 10.6 Å². The number of amides is 1. The van der Waals surface area contributed by atoms with Gasteiger partial charge in [0.15, 0.2) is 11.5 Å². The molecule has 0 saturated carbocycles. The average molecular weight is 487 g/mol. The Labute approximate surface area is 203 Å². The third-order valence-corrected chi connectivity index (χ3v) is 5.80. The molecule has 2 N–H and O–H groups in total. The van der Waals surface area contributed by atoms with Crippen molar-refractivity contribution in [1.29, 1.82) is 0 Å². The molecule has 0 aromatic heterocycles. The molecule has 5 nitrogen and oxygen atoms in total. The maximum absolute atomic E-state index is 13.2. The highest BCUT2D eigenvalue weighted by molar-refractivity contribution is 5.83. The summed E-state index contributed by atoms with van der Waals surface area (Å²) in [6.45, 7) is 0. The largest absolute Gasteiger partial charge is 0.493 e. The Kier molecular flexibility index (Phi) is 8.76. The van der Waals surface area contributed by atoms with Gasteiger partial charge in [0.05, 0.1) is 19.8 Å². The molecule has 0 saturated heterocycles. The van der Waals surface area contributed by atoms with Crippen molar-refractivity contribution in [3.8, 4) is 11.5 Å². The Bertz CT molecular complexity index is 1120. The van der Waals surface area contributed by atoms with Crippen LogP contribution in [-0.4, -0.2) is 27.2 Å². The van der Waals surface area contributed by atoms with E-state index in [2.05, 4.69) is 10.6 Å². The molecule has 35 heavy (non-hydrogen) atoms. The third kappa shape index (κ3) is 6.76. The predicted octanol–water partition coefficient (Wildman–Crippen LogP) is 5.47. The van der Waals surface area contributed by atoms with E-state index in [1.807, 2.05) is 42.5 Å². The van der Waals surface area contributed by atoms with Gasteiger partial charge >= 0.3 is 6.18 Å². The van der Waals surface area contributed by atoms with Crippen molar-refractivity contribution in [3.05, 3.63) is 95.1 Å². The maximum atomic E-state index is 13.2. The average Bonchev–Trinajstić information content (AvgIpc) is 2.88. The van der Waals surface area contributed by atoms with Crippen LogP contribution in [0.1, 0.15) is 40.8 Å². The van der Waals surface area contributed by atoms with Gasteiger partial charge in [-0.15, -0.1) is 0 Å². The highest BCUT2D eigenvalue weighted by atomic mass is 19.4. The Morgan fingerprint density at radius 2 is 1.60 bits per heavy atom. The molecule has 0 aliphatic heterocycles. The molecule has 1 amide bonds. The predicted molar refractivity (Wildman–Crippen MR) is 128 cm³/mol. The van der Waals surface area contributed by atoms with Gasteiger partial charge in [-0.2, -0.15) is 13.2 Å². The number of halogens is 3. The summed E-state index contributed by atoms with van der Waals surface area (Å²) in [5.74, 6) is 0.853. The monoisotopic (exact) mass is 486 g/mol. The van der Waals surface area contributed by atoms with E-state index in [1.54, 1.807) is 19.2 Å². The van der Waals surface area contributed by atoms with Crippen LogP contribution in [0.3, 0.4) is 0 Å². The van der Waals surface area contributed by atoms with Crippen LogP contribution in [0.15, 0.2) is 72.8 Å². The lowest BCUT2D eigenvalue weighted by atomic mass is 9.95. The van der Waals surface area contributed by atoms with Crippen LogP contribution in [0.5, 0.6) is 11.5 Å². The molecular weight excluding hydrogens is 457 g/mol. The van der Waals surface area contributed by atoms with Crippen molar-refractivity contribution in [2.75, 3.05) is 21.3 Å². The van der Waals surface area contributed by atoms with Crippen LogP contribution < -0.4 is 20.1 Å². The van der Waals surface area contributed by atoms with Crippen molar-refractivity contribution in [3.63, 3.8) is 0 Å². The number of ether oxygens (including phenoxy) is 2. The maximum Gasteiger partial charge on any atom is 0.416 e. The second kappa shape index (κ2) is 11.8. The minimum absolute atomic E-state index is 0.222. The van der Waals surface area contributed by atoms with Crippen LogP contribution in [0.25, 0.3) is 0 Å². The van der Waals surface area contributed by atoms with Crippen LogP contribution in [0, 0.1) is 0 Å². The van der Waals surface area contributed by atoms with E-state index in [9.17, 15) is 18.0 Å². The normalized spacial score (nSPS) is 13.1. The number of carbonyl (C=O) groups excluding carboxylic acids is 1. The van der Waals surface area contributed by atoms with Crippen LogP contribution in [0.4, 0.5) is 13.2 Å². The van der Waals surface area contributed by atoms with Crippen molar-refractivity contribution in [2.45, 2.75) is 31.1 Å². The van der Waals surface area contributed by atoms with Crippen molar-refractivity contribution < 1.29 is 27.4 Å². The van der Waals surface area contributed by atoms with Gasteiger partial charge in [-0.05, 0) is 47.7 Å². The van der Waals surface area contributed by atoms with E-state index < -0.39 is 17.8 Å². The fraction of sp³-hybridized carbons (Fsp3) is 0.296. The number of likely N-dealkylation sites (N-methyl/N-ethyl adjacent to an activating group) is 1. The highest BCUT2D eigenvalue weighted by Gasteiger charge is 2.30. The Morgan fingerprint density at radius 3 is 2.23 bits per heavy atom. The molecule has 0 spiro atoms. The van der Waals surface area contributed by atoms with E-state index >= 15 is 0 Å². The Hall–Kier alpha value is -3.52. The van der Waals surface area contributed by atoms with Gasteiger partial charge in [-0.1, -0.05) is 54.6 Å². The lowest BCUT2D eigenvalue weighted by molar-refractivity contribution is -0.137. The van der Waals surface area contributed by atoms with Gasteiger partial charge in [-0.3, -0.25) is 10.1 Å². The lowest BCUT2D eigenvalue weighted by Crippen LogP contribution is -2.38. The number of methoxy groups -OCH3 is 2. The number of nitrogens with one attached hydrogen (secondary N) is 2. The van der Waals surface area contributed by atoms with E-state index in [1.165, 1.54) is 26.4 Å². The molecule has 0 fully saturated rings. The minimum Gasteiger partial charge on any atom is -0.493 e. The van der Waals surface area contributed by atoms with Gasteiger partial charge in [0.25, 0.3) is 0 Å². The second-order valence-electron chi connectivity index (χ2n) is 8.03. The fourth-order valence-corrected chi connectivity index (χ4v) is 3.94. The summed E-state index contributed by atoms with van der Waals surface area (Å²) in [5, 5.41) is 6.10. The zero-order valence-electron chi connectivity index (χ0n) is 19.9. The van der Waals surface area contributed by atoms with Gasteiger partial charge in [0.2, 0.25) is 5.91 Å². The van der Waals surface area contributed by atoms with Crippen molar-refractivity contribution >= 4 is 5.91 Å². The smallest absolute Gasteiger partial charge is 0.416 e. The van der Waals surface area contributed by atoms with Crippen LogP contribution >= 0.6 is 0 Å². The summed E-state index contributed by atoms with van der Waals surface area (Å²) >= 11 is 0. The SMILES string of the molecule is CNC(=O)C(N[C@@H](CCc1cccc(C(F)(F)F)c1)c1ccc(OC)c(OC)c1)c1ccccc1. The molecular formula is C27H29F3N2O3. The summed E-state index contributed by atoms with van der Waals surface area (Å²) in [7, 11) is 4.63. The third-order valence-electron chi connectivity index (χ3n) is 5.80. The first-order valence-electron chi connectivity index (χ1n) is 11.2. The van der Waals surface area contributed by atoms with E-state index in [-0.39, 0.29) is 11.9 Å². The van der Waals surface area contributed by atoms with Gasteiger partial charge in [0.1, 0.15) is 6.04 Å². The number of benzene rings is 3. The number of aryl methyl sites for hydroxylation is 1. The molecule has 3 aromatic rings. The topological polar surface area (TPSA) is 59.6 Å². The van der Waals surface area contributed by atoms with Crippen LogP contribution in [-0.2, 0) is 17.4 Å². The number of hydrogen-bond acceptors (Lipinski definition) is 4. The second-order valence-corrected chi connectivity index (χ2v) is 8.03. The first kappa shape index (κ1) is 26.1. The standard InChI is InChI=1S/C27H29F3N2O3/c1-31-26(33)25(19-9-5-4-6-10-19)32-22(20-13-15-23(34-2)24(17-20)35-3)14-12-18-8-7-11-21(16-18)27(28,29)30/h4-11,13,15-17,22,25,32H,12,14H2,1-3H3,(H,31,33)/t22-,25?/m0/s1. The first-order chi connectivity index (χ1) is 16.8. The molecule has 3 aromatic carbocycles. The number of carbonyl (C=O) groups is 1. The number of rotatable bonds is 10. The van der Waals surface area contributed by atoms with E-state index in [0.29, 0.717) is 29.9 Å². The first-order valence-corrected chi connectivity index (χ1v) is 11.2. The lowest BCUT2D eigenvalue weighted by Gasteiger charge is -2.26. The number of alkyl halides is 3. The molecule has 1 unspecified atom stereocenters. The molecule has 0 heterocycles. The molecule has 0 aliphatic carbocycles. The van der Waals surface area contributed by atoms with E-state index in [4.69, 9.17) is 9.47 Å². The summed E-state index contributed by atoms with van der Waals surface area (Å²) in [6, 6.07) is 19.0.